The minimum atomic E-state index is -0.160. The SMILES string of the molecule is Cn1c2c(nc(C(C)(C)C)c1=O)CCC2. The number of aryl methyl sites for hydroxylation is 1. The zero-order chi connectivity index (χ0) is 11.2. The van der Waals surface area contributed by atoms with Crippen molar-refractivity contribution in [3.8, 4) is 0 Å². The van der Waals surface area contributed by atoms with Gasteiger partial charge in [0.25, 0.3) is 5.56 Å². The van der Waals surface area contributed by atoms with Crippen molar-refractivity contribution in [1.29, 1.82) is 0 Å². The van der Waals surface area contributed by atoms with Crippen molar-refractivity contribution in [1.82, 2.24) is 9.55 Å². The summed E-state index contributed by atoms with van der Waals surface area (Å²) in [6.07, 6.45) is 3.15. The molecule has 82 valence electrons. The van der Waals surface area contributed by atoms with Crippen LogP contribution in [0.4, 0.5) is 0 Å². The van der Waals surface area contributed by atoms with Crippen molar-refractivity contribution in [2.24, 2.45) is 7.05 Å². The van der Waals surface area contributed by atoms with Crippen LogP contribution in [0.3, 0.4) is 0 Å². The van der Waals surface area contributed by atoms with E-state index in [9.17, 15) is 4.79 Å². The van der Waals surface area contributed by atoms with Crippen LogP contribution in [0, 0.1) is 0 Å². The predicted molar refractivity (Wildman–Crippen MR) is 60.2 cm³/mol. The Bertz CT molecular complexity index is 452. The van der Waals surface area contributed by atoms with E-state index in [0.717, 1.165) is 30.7 Å². The molecule has 0 atom stereocenters. The highest BCUT2D eigenvalue weighted by Crippen LogP contribution is 2.22. The molecule has 1 aliphatic rings. The fraction of sp³-hybridized carbons (Fsp3) is 0.667. The highest BCUT2D eigenvalue weighted by Gasteiger charge is 2.25. The average Bonchev–Trinajstić information content (AvgIpc) is 2.57. The molecule has 0 spiro atoms. The topological polar surface area (TPSA) is 34.9 Å². The second-order valence-corrected chi connectivity index (χ2v) is 5.32. The summed E-state index contributed by atoms with van der Waals surface area (Å²) in [6.45, 7) is 6.12. The summed E-state index contributed by atoms with van der Waals surface area (Å²) in [5, 5.41) is 0. The van der Waals surface area contributed by atoms with Gasteiger partial charge in [-0.1, -0.05) is 20.8 Å². The molecule has 0 unspecified atom stereocenters. The molecule has 0 radical (unpaired) electrons. The molecule has 2 rings (SSSR count). The van der Waals surface area contributed by atoms with Crippen molar-refractivity contribution in [3.05, 3.63) is 27.4 Å². The van der Waals surface area contributed by atoms with Crippen molar-refractivity contribution in [2.75, 3.05) is 0 Å². The van der Waals surface area contributed by atoms with Crippen LogP contribution in [-0.4, -0.2) is 9.55 Å². The molecule has 0 aromatic carbocycles. The van der Waals surface area contributed by atoms with Gasteiger partial charge in [-0.3, -0.25) is 4.79 Å². The molecule has 0 N–H and O–H groups in total. The predicted octanol–water partition coefficient (Wildman–Crippen LogP) is 1.57. The summed E-state index contributed by atoms with van der Waals surface area (Å²) < 4.78 is 1.79. The largest absolute Gasteiger partial charge is 0.312 e. The van der Waals surface area contributed by atoms with Gasteiger partial charge in [-0.25, -0.2) is 4.98 Å². The Kier molecular flexibility index (Phi) is 2.21. The summed E-state index contributed by atoms with van der Waals surface area (Å²) in [5.74, 6) is 0. The van der Waals surface area contributed by atoms with Gasteiger partial charge in [0.15, 0.2) is 0 Å². The maximum Gasteiger partial charge on any atom is 0.272 e. The Balaban J connectivity index is 2.70. The van der Waals surface area contributed by atoms with Gasteiger partial charge in [0, 0.05) is 18.2 Å². The third-order valence-electron chi connectivity index (χ3n) is 3.03. The highest BCUT2D eigenvalue weighted by atomic mass is 16.1. The first-order chi connectivity index (χ1) is 6.91. The number of aromatic nitrogens is 2. The molecule has 0 amide bonds. The Morgan fingerprint density at radius 1 is 1.27 bits per heavy atom. The molecule has 1 heterocycles. The Morgan fingerprint density at radius 2 is 1.93 bits per heavy atom. The maximum atomic E-state index is 12.1. The van der Waals surface area contributed by atoms with E-state index in [1.807, 2.05) is 27.8 Å². The first kappa shape index (κ1) is 10.4. The van der Waals surface area contributed by atoms with Crippen LogP contribution in [0.25, 0.3) is 0 Å². The fourth-order valence-electron chi connectivity index (χ4n) is 2.15. The summed E-state index contributed by atoms with van der Waals surface area (Å²) in [6, 6.07) is 0. The number of rotatable bonds is 0. The Hall–Kier alpha value is -1.12. The Morgan fingerprint density at radius 3 is 2.53 bits per heavy atom. The lowest BCUT2D eigenvalue weighted by Crippen LogP contribution is -2.33. The third kappa shape index (κ3) is 1.60. The number of hydrogen-bond acceptors (Lipinski definition) is 2. The quantitative estimate of drug-likeness (QED) is 0.645. The first-order valence-corrected chi connectivity index (χ1v) is 5.50. The van der Waals surface area contributed by atoms with Gasteiger partial charge in [-0.2, -0.15) is 0 Å². The van der Waals surface area contributed by atoms with Crippen LogP contribution >= 0.6 is 0 Å². The molecular formula is C12H18N2O. The summed E-state index contributed by atoms with van der Waals surface area (Å²) in [5.41, 5.74) is 2.87. The zero-order valence-electron chi connectivity index (χ0n) is 9.92. The van der Waals surface area contributed by atoms with Crippen molar-refractivity contribution in [2.45, 2.75) is 45.4 Å². The molecule has 3 nitrogen and oxygen atoms in total. The van der Waals surface area contributed by atoms with E-state index in [-0.39, 0.29) is 11.0 Å². The number of fused-ring (bicyclic) bond motifs is 1. The van der Waals surface area contributed by atoms with E-state index in [1.54, 1.807) is 4.57 Å². The number of hydrogen-bond donors (Lipinski definition) is 0. The molecule has 0 bridgehead atoms. The summed E-state index contributed by atoms with van der Waals surface area (Å²) in [7, 11) is 1.86. The van der Waals surface area contributed by atoms with E-state index in [0.29, 0.717) is 5.69 Å². The van der Waals surface area contributed by atoms with E-state index in [4.69, 9.17) is 0 Å². The molecule has 0 fully saturated rings. The van der Waals surface area contributed by atoms with Crippen LogP contribution in [0.15, 0.2) is 4.79 Å². The second kappa shape index (κ2) is 3.19. The third-order valence-corrected chi connectivity index (χ3v) is 3.03. The molecule has 15 heavy (non-hydrogen) atoms. The minimum absolute atomic E-state index is 0.0724. The average molecular weight is 206 g/mol. The van der Waals surface area contributed by atoms with Crippen LogP contribution in [0.2, 0.25) is 0 Å². The summed E-state index contributed by atoms with van der Waals surface area (Å²) >= 11 is 0. The number of nitrogens with zero attached hydrogens (tertiary/aromatic N) is 2. The molecular weight excluding hydrogens is 188 g/mol. The van der Waals surface area contributed by atoms with Crippen LogP contribution in [0.5, 0.6) is 0 Å². The lowest BCUT2D eigenvalue weighted by Gasteiger charge is -2.19. The van der Waals surface area contributed by atoms with Gasteiger partial charge in [0.1, 0.15) is 5.69 Å². The lowest BCUT2D eigenvalue weighted by atomic mass is 9.92. The fourth-order valence-corrected chi connectivity index (χ4v) is 2.15. The van der Waals surface area contributed by atoms with Gasteiger partial charge >= 0.3 is 0 Å². The summed E-state index contributed by atoms with van der Waals surface area (Å²) in [4.78, 5) is 16.6. The molecule has 3 heteroatoms. The van der Waals surface area contributed by atoms with E-state index in [2.05, 4.69) is 4.98 Å². The standard InChI is InChI=1S/C12H18N2O/c1-12(2,3)10-11(15)14(4)9-7-5-6-8(9)13-10/h5-7H2,1-4H3. The molecule has 0 saturated heterocycles. The molecule has 1 aromatic rings. The zero-order valence-corrected chi connectivity index (χ0v) is 9.92. The van der Waals surface area contributed by atoms with E-state index < -0.39 is 0 Å². The minimum Gasteiger partial charge on any atom is -0.312 e. The second-order valence-electron chi connectivity index (χ2n) is 5.32. The molecule has 1 aliphatic carbocycles. The van der Waals surface area contributed by atoms with Gasteiger partial charge in [-0.15, -0.1) is 0 Å². The molecule has 1 aromatic heterocycles. The van der Waals surface area contributed by atoms with Gasteiger partial charge < -0.3 is 4.57 Å². The normalized spacial score (nSPS) is 15.5. The monoisotopic (exact) mass is 206 g/mol. The van der Waals surface area contributed by atoms with Crippen molar-refractivity contribution >= 4 is 0 Å². The van der Waals surface area contributed by atoms with E-state index >= 15 is 0 Å². The van der Waals surface area contributed by atoms with Gasteiger partial charge in [-0.05, 0) is 19.3 Å². The maximum absolute atomic E-state index is 12.1. The van der Waals surface area contributed by atoms with E-state index in [1.165, 1.54) is 0 Å². The van der Waals surface area contributed by atoms with Crippen LogP contribution in [0.1, 0.15) is 44.3 Å². The first-order valence-electron chi connectivity index (χ1n) is 5.50. The van der Waals surface area contributed by atoms with Crippen molar-refractivity contribution < 1.29 is 0 Å². The van der Waals surface area contributed by atoms with Crippen LogP contribution < -0.4 is 5.56 Å². The van der Waals surface area contributed by atoms with Crippen LogP contribution in [-0.2, 0) is 25.3 Å². The lowest BCUT2D eigenvalue weighted by molar-refractivity contribution is 0.543. The van der Waals surface area contributed by atoms with Gasteiger partial charge in [0.05, 0.1) is 5.69 Å². The molecule has 0 aliphatic heterocycles. The smallest absolute Gasteiger partial charge is 0.272 e. The van der Waals surface area contributed by atoms with Gasteiger partial charge in [0.2, 0.25) is 0 Å². The highest BCUT2D eigenvalue weighted by molar-refractivity contribution is 5.23. The molecule has 0 saturated carbocycles. The van der Waals surface area contributed by atoms with Crippen molar-refractivity contribution in [3.63, 3.8) is 0 Å². The Labute approximate surface area is 90.2 Å².